The maximum Gasteiger partial charge on any atom is 0.274 e. The number of carbonyl (C=O) groups excluding carboxylic acids is 1. The van der Waals surface area contributed by atoms with Crippen LogP contribution in [0.1, 0.15) is 41.9 Å². The van der Waals surface area contributed by atoms with Crippen LogP contribution in [0.25, 0.3) is 0 Å². The number of methoxy groups -OCH3 is 1. The number of piperidine rings is 1. The number of nitrogens with zero attached hydrogens (tertiary/aromatic N) is 3. The number of aromatic nitrogens is 2. The van der Waals surface area contributed by atoms with Crippen molar-refractivity contribution < 1.29 is 14.3 Å². The van der Waals surface area contributed by atoms with Crippen molar-refractivity contribution in [2.24, 2.45) is 0 Å². The zero-order chi connectivity index (χ0) is 15.6. The van der Waals surface area contributed by atoms with Crippen molar-refractivity contribution in [2.75, 3.05) is 26.8 Å². The molecule has 6 heteroatoms. The highest BCUT2D eigenvalue weighted by Crippen LogP contribution is 2.36. The van der Waals surface area contributed by atoms with E-state index in [0.29, 0.717) is 18.8 Å². The fourth-order valence-electron chi connectivity index (χ4n) is 3.31. The highest BCUT2D eigenvalue weighted by Gasteiger charge is 2.41. The molecule has 0 saturated carbocycles. The predicted octanol–water partition coefficient (Wildman–Crippen LogP) is 1.59. The summed E-state index contributed by atoms with van der Waals surface area (Å²) in [5.74, 6) is -0.0403. The van der Waals surface area contributed by atoms with Crippen LogP contribution in [0.2, 0.25) is 0 Å². The third kappa shape index (κ3) is 3.13. The van der Waals surface area contributed by atoms with Gasteiger partial charge in [-0.2, -0.15) is 0 Å². The van der Waals surface area contributed by atoms with Gasteiger partial charge in [0.2, 0.25) is 0 Å². The first kappa shape index (κ1) is 15.4. The standard InChI is InChI=1S/C16H23N3O3/c1-12-10-18-14(11-17-12)15(20)19-6-4-16(5-7-19)9-13(21-2)3-8-22-16/h10-11,13H,3-9H2,1-2H3. The summed E-state index contributed by atoms with van der Waals surface area (Å²) in [7, 11) is 1.76. The molecule has 0 radical (unpaired) electrons. The fourth-order valence-corrected chi connectivity index (χ4v) is 3.31. The SMILES string of the molecule is COC1CCOC2(CCN(C(=O)c3cnc(C)cn3)CC2)C1. The smallest absolute Gasteiger partial charge is 0.274 e. The minimum atomic E-state index is -0.116. The molecule has 2 aliphatic rings. The molecule has 120 valence electrons. The maximum atomic E-state index is 12.5. The first-order valence-corrected chi connectivity index (χ1v) is 7.87. The minimum Gasteiger partial charge on any atom is -0.381 e. The van der Waals surface area contributed by atoms with E-state index in [1.54, 1.807) is 19.5 Å². The van der Waals surface area contributed by atoms with E-state index in [0.717, 1.165) is 38.0 Å². The normalized spacial score (nSPS) is 24.5. The molecule has 0 N–H and O–H groups in total. The summed E-state index contributed by atoms with van der Waals surface area (Å²) >= 11 is 0. The molecule has 2 fully saturated rings. The Balaban J connectivity index is 1.61. The average molecular weight is 305 g/mol. The average Bonchev–Trinajstić information content (AvgIpc) is 2.56. The molecule has 3 heterocycles. The Hall–Kier alpha value is -1.53. The van der Waals surface area contributed by atoms with Gasteiger partial charge in [-0.3, -0.25) is 9.78 Å². The van der Waals surface area contributed by atoms with Gasteiger partial charge in [-0.05, 0) is 26.2 Å². The molecule has 1 aromatic rings. The Morgan fingerprint density at radius 2 is 2.14 bits per heavy atom. The van der Waals surface area contributed by atoms with Crippen LogP contribution in [0.3, 0.4) is 0 Å². The quantitative estimate of drug-likeness (QED) is 0.830. The Labute approximate surface area is 130 Å². The van der Waals surface area contributed by atoms with Crippen molar-refractivity contribution in [3.8, 4) is 0 Å². The number of aryl methyl sites for hydroxylation is 1. The van der Waals surface area contributed by atoms with Gasteiger partial charge in [-0.1, -0.05) is 0 Å². The summed E-state index contributed by atoms with van der Waals surface area (Å²) in [6, 6.07) is 0. The zero-order valence-electron chi connectivity index (χ0n) is 13.2. The molecule has 0 aromatic carbocycles. The maximum absolute atomic E-state index is 12.5. The summed E-state index contributed by atoms with van der Waals surface area (Å²) in [5.41, 5.74) is 1.12. The molecule has 3 rings (SSSR count). The summed E-state index contributed by atoms with van der Waals surface area (Å²) in [4.78, 5) is 22.6. The van der Waals surface area contributed by atoms with Crippen molar-refractivity contribution in [1.82, 2.24) is 14.9 Å². The molecule has 2 saturated heterocycles. The van der Waals surface area contributed by atoms with E-state index >= 15 is 0 Å². The number of ether oxygens (including phenoxy) is 2. The third-order valence-corrected chi connectivity index (χ3v) is 4.74. The summed E-state index contributed by atoms with van der Waals surface area (Å²) in [6.45, 7) is 4.00. The lowest BCUT2D eigenvalue weighted by Gasteiger charge is -2.45. The largest absolute Gasteiger partial charge is 0.381 e. The predicted molar refractivity (Wildman–Crippen MR) is 80.6 cm³/mol. The third-order valence-electron chi connectivity index (χ3n) is 4.74. The van der Waals surface area contributed by atoms with Gasteiger partial charge in [0.05, 0.1) is 23.6 Å². The van der Waals surface area contributed by atoms with E-state index in [2.05, 4.69) is 9.97 Å². The monoisotopic (exact) mass is 305 g/mol. The van der Waals surface area contributed by atoms with Gasteiger partial charge in [0, 0.05) is 39.4 Å². The molecule has 1 spiro atoms. The van der Waals surface area contributed by atoms with E-state index in [1.807, 2.05) is 11.8 Å². The van der Waals surface area contributed by atoms with Gasteiger partial charge < -0.3 is 14.4 Å². The van der Waals surface area contributed by atoms with E-state index in [-0.39, 0.29) is 17.6 Å². The van der Waals surface area contributed by atoms with Gasteiger partial charge in [-0.25, -0.2) is 4.98 Å². The summed E-state index contributed by atoms with van der Waals surface area (Å²) in [5, 5.41) is 0. The summed E-state index contributed by atoms with van der Waals surface area (Å²) < 4.78 is 11.5. The van der Waals surface area contributed by atoms with Crippen LogP contribution in [0.5, 0.6) is 0 Å². The molecule has 0 aliphatic carbocycles. The Morgan fingerprint density at radius 3 is 2.77 bits per heavy atom. The first-order valence-electron chi connectivity index (χ1n) is 7.87. The number of likely N-dealkylation sites (tertiary alicyclic amines) is 1. The van der Waals surface area contributed by atoms with Crippen molar-refractivity contribution in [2.45, 2.75) is 44.3 Å². The van der Waals surface area contributed by atoms with Gasteiger partial charge in [0.25, 0.3) is 5.91 Å². The highest BCUT2D eigenvalue weighted by atomic mass is 16.5. The second-order valence-corrected chi connectivity index (χ2v) is 6.22. The number of rotatable bonds is 2. The molecule has 0 bridgehead atoms. The van der Waals surface area contributed by atoms with Crippen LogP contribution >= 0.6 is 0 Å². The van der Waals surface area contributed by atoms with Crippen LogP contribution in [0.4, 0.5) is 0 Å². The molecule has 1 unspecified atom stereocenters. The van der Waals surface area contributed by atoms with E-state index in [1.165, 1.54) is 0 Å². The molecule has 1 amide bonds. The van der Waals surface area contributed by atoms with Gasteiger partial charge in [0.1, 0.15) is 5.69 Å². The van der Waals surface area contributed by atoms with Crippen molar-refractivity contribution >= 4 is 5.91 Å². The van der Waals surface area contributed by atoms with Crippen molar-refractivity contribution in [3.05, 3.63) is 23.8 Å². The minimum absolute atomic E-state index is 0.0403. The van der Waals surface area contributed by atoms with Crippen molar-refractivity contribution in [1.29, 1.82) is 0 Å². The fraction of sp³-hybridized carbons (Fsp3) is 0.688. The van der Waals surface area contributed by atoms with Crippen LogP contribution in [-0.2, 0) is 9.47 Å². The number of amides is 1. The lowest BCUT2D eigenvalue weighted by Crippen LogP contribution is -2.52. The van der Waals surface area contributed by atoms with Gasteiger partial charge >= 0.3 is 0 Å². The van der Waals surface area contributed by atoms with Crippen LogP contribution in [-0.4, -0.2) is 59.3 Å². The molecule has 1 atom stereocenters. The topological polar surface area (TPSA) is 64.6 Å². The van der Waals surface area contributed by atoms with Gasteiger partial charge in [0.15, 0.2) is 0 Å². The van der Waals surface area contributed by atoms with Crippen LogP contribution < -0.4 is 0 Å². The Kier molecular flexibility index (Phi) is 4.40. The second kappa shape index (κ2) is 6.30. The van der Waals surface area contributed by atoms with Crippen molar-refractivity contribution in [3.63, 3.8) is 0 Å². The Bertz CT molecular complexity index is 524. The lowest BCUT2D eigenvalue weighted by molar-refractivity contribution is -0.146. The zero-order valence-corrected chi connectivity index (χ0v) is 13.2. The molecule has 6 nitrogen and oxygen atoms in total. The highest BCUT2D eigenvalue weighted by molar-refractivity contribution is 5.92. The molecule has 1 aromatic heterocycles. The molecule has 22 heavy (non-hydrogen) atoms. The second-order valence-electron chi connectivity index (χ2n) is 6.22. The number of carbonyl (C=O) groups is 1. The van der Waals surface area contributed by atoms with Crippen LogP contribution in [0, 0.1) is 6.92 Å². The molecular formula is C16H23N3O3. The Morgan fingerprint density at radius 1 is 1.36 bits per heavy atom. The summed E-state index contributed by atoms with van der Waals surface area (Å²) in [6.07, 6.45) is 7.07. The number of hydrogen-bond acceptors (Lipinski definition) is 5. The lowest BCUT2D eigenvalue weighted by atomic mass is 9.83. The number of hydrogen-bond donors (Lipinski definition) is 0. The van der Waals surface area contributed by atoms with E-state index < -0.39 is 0 Å². The van der Waals surface area contributed by atoms with E-state index in [9.17, 15) is 4.79 Å². The van der Waals surface area contributed by atoms with Gasteiger partial charge in [-0.15, -0.1) is 0 Å². The molecule has 2 aliphatic heterocycles. The molecular weight excluding hydrogens is 282 g/mol. The van der Waals surface area contributed by atoms with Crippen LogP contribution in [0.15, 0.2) is 12.4 Å². The first-order chi connectivity index (χ1) is 10.6. The van der Waals surface area contributed by atoms with E-state index in [4.69, 9.17) is 9.47 Å².